The van der Waals surface area contributed by atoms with Crippen LogP contribution in [0.4, 0.5) is 5.82 Å². The number of amides is 1. The van der Waals surface area contributed by atoms with Crippen LogP contribution in [0.15, 0.2) is 88.1 Å². The summed E-state index contributed by atoms with van der Waals surface area (Å²) in [5.41, 5.74) is 6.37. The molecule has 0 bridgehead atoms. The van der Waals surface area contributed by atoms with Gasteiger partial charge < -0.3 is 14.5 Å². The zero-order chi connectivity index (χ0) is 28.2. The highest BCUT2D eigenvalue weighted by Gasteiger charge is 2.18. The first-order valence-corrected chi connectivity index (χ1v) is 12.6. The highest BCUT2D eigenvalue weighted by molar-refractivity contribution is 5.93. The molecule has 3 aromatic carbocycles. The van der Waals surface area contributed by atoms with E-state index in [1.54, 1.807) is 35.0 Å². The number of aryl methyl sites for hydroxylation is 3. The number of carbonyl (C=O) groups excluding carboxylic acids is 2. The molecule has 40 heavy (non-hydrogen) atoms. The van der Waals surface area contributed by atoms with Crippen molar-refractivity contribution in [1.82, 2.24) is 19.6 Å². The largest absolute Gasteiger partial charge is 0.454 e. The molecule has 1 amide bonds. The van der Waals surface area contributed by atoms with Gasteiger partial charge in [-0.05, 0) is 67.8 Å². The van der Waals surface area contributed by atoms with E-state index in [4.69, 9.17) is 14.3 Å². The minimum atomic E-state index is -0.812. The Morgan fingerprint density at radius 3 is 2.27 bits per heavy atom. The molecule has 0 unspecified atom stereocenters. The van der Waals surface area contributed by atoms with Crippen molar-refractivity contribution in [2.75, 3.05) is 11.9 Å². The van der Waals surface area contributed by atoms with E-state index in [2.05, 4.69) is 29.5 Å². The summed E-state index contributed by atoms with van der Waals surface area (Å²) in [6, 6.07) is 24.2. The Morgan fingerprint density at radius 1 is 0.875 bits per heavy atom. The molecule has 0 saturated heterocycles. The van der Waals surface area contributed by atoms with Crippen molar-refractivity contribution in [2.45, 2.75) is 27.3 Å². The number of rotatable bonds is 8. The number of para-hydroxylation sites is 1. The van der Waals surface area contributed by atoms with Gasteiger partial charge in [0.05, 0.1) is 11.4 Å². The molecule has 0 radical (unpaired) electrons. The van der Waals surface area contributed by atoms with Crippen LogP contribution < -0.4 is 11.1 Å². The van der Waals surface area contributed by atoms with Gasteiger partial charge in [0.25, 0.3) is 5.91 Å². The van der Waals surface area contributed by atoms with E-state index in [1.807, 2.05) is 50.2 Å². The highest BCUT2D eigenvalue weighted by atomic mass is 16.5. The number of benzene rings is 3. The van der Waals surface area contributed by atoms with E-state index in [0.29, 0.717) is 17.1 Å². The van der Waals surface area contributed by atoms with Crippen molar-refractivity contribution in [3.8, 4) is 28.4 Å². The predicted octanol–water partition coefficient (Wildman–Crippen LogP) is 4.46. The lowest BCUT2D eigenvalue weighted by Gasteiger charge is -2.09. The molecular weight excluding hydrogens is 510 g/mol. The number of nitrogens with one attached hydrogen (secondary N) is 1. The Balaban J connectivity index is 1.29. The average molecular weight is 538 g/mol. The van der Waals surface area contributed by atoms with E-state index in [9.17, 15) is 14.4 Å². The van der Waals surface area contributed by atoms with Gasteiger partial charge in [-0.15, -0.1) is 5.10 Å². The van der Waals surface area contributed by atoms with Crippen LogP contribution >= 0.6 is 0 Å². The van der Waals surface area contributed by atoms with E-state index in [0.717, 1.165) is 27.1 Å². The lowest BCUT2D eigenvalue weighted by atomic mass is 9.99. The molecule has 5 aromatic rings. The van der Waals surface area contributed by atoms with Crippen LogP contribution in [-0.2, 0) is 20.9 Å². The van der Waals surface area contributed by atoms with Gasteiger partial charge in [-0.1, -0.05) is 42.5 Å². The van der Waals surface area contributed by atoms with Crippen LogP contribution in [0.5, 0.6) is 0 Å². The SMILES string of the molecule is Cc1cc(C)c(-c2cc(NC(=O)COC(=O)Cn3nc(-c4ccccc4)oc3=O)n(-c3ccccc3)n2)cc1C. The normalized spacial score (nSPS) is 10.9. The maximum absolute atomic E-state index is 12.8. The van der Waals surface area contributed by atoms with Crippen LogP contribution in [0, 0.1) is 20.8 Å². The van der Waals surface area contributed by atoms with Gasteiger partial charge in [0, 0.05) is 17.2 Å². The third kappa shape index (κ3) is 5.75. The molecule has 0 aliphatic carbocycles. The Hall–Kier alpha value is -5.25. The number of ether oxygens (including phenoxy) is 1. The van der Waals surface area contributed by atoms with E-state index in [-0.39, 0.29) is 5.89 Å². The molecule has 0 fully saturated rings. The third-order valence-electron chi connectivity index (χ3n) is 6.36. The zero-order valence-electron chi connectivity index (χ0n) is 22.2. The Labute approximate surface area is 229 Å². The standard InChI is InChI=1S/C30H27N5O5/c1-19-14-21(3)24(15-20(19)2)25-16-26(35(32-25)23-12-8-5-9-13-23)31-27(36)18-39-28(37)17-34-30(38)40-29(33-34)22-10-6-4-7-11-22/h4-16H,17-18H2,1-3H3,(H,31,36). The molecule has 0 atom stereocenters. The van der Waals surface area contributed by atoms with Crippen LogP contribution in [-0.4, -0.2) is 38.0 Å². The van der Waals surface area contributed by atoms with Crippen LogP contribution in [0.25, 0.3) is 28.4 Å². The quantitative estimate of drug-likeness (QED) is 0.290. The maximum Gasteiger partial charge on any atom is 0.437 e. The second-order valence-corrected chi connectivity index (χ2v) is 9.32. The number of nitrogens with zero attached hydrogens (tertiary/aromatic N) is 4. The van der Waals surface area contributed by atoms with Crippen molar-refractivity contribution in [3.05, 3.63) is 106 Å². The number of anilines is 1. The fourth-order valence-corrected chi connectivity index (χ4v) is 4.20. The second kappa shape index (κ2) is 11.2. The fourth-order valence-electron chi connectivity index (χ4n) is 4.20. The number of hydrogen-bond acceptors (Lipinski definition) is 7. The van der Waals surface area contributed by atoms with Gasteiger partial charge in [-0.3, -0.25) is 9.59 Å². The van der Waals surface area contributed by atoms with Crippen LogP contribution in [0.3, 0.4) is 0 Å². The summed E-state index contributed by atoms with van der Waals surface area (Å²) in [6.45, 7) is 5.06. The molecule has 0 aliphatic heterocycles. The summed E-state index contributed by atoms with van der Waals surface area (Å²) in [7, 11) is 0. The van der Waals surface area contributed by atoms with E-state index >= 15 is 0 Å². The van der Waals surface area contributed by atoms with Crippen molar-refractivity contribution >= 4 is 17.7 Å². The number of carbonyl (C=O) groups is 2. The topological polar surface area (TPSA) is 121 Å². The first kappa shape index (κ1) is 26.4. The summed E-state index contributed by atoms with van der Waals surface area (Å²) in [4.78, 5) is 37.3. The van der Waals surface area contributed by atoms with Crippen molar-refractivity contribution in [3.63, 3.8) is 0 Å². The van der Waals surface area contributed by atoms with Crippen molar-refractivity contribution < 1.29 is 18.7 Å². The summed E-state index contributed by atoms with van der Waals surface area (Å²) in [5.74, 6) is -1.68. The average Bonchev–Trinajstić information content (AvgIpc) is 3.53. The van der Waals surface area contributed by atoms with E-state index in [1.165, 1.54) is 5.56 Å². The highest BCUT2D eigenvalue weighted by Crippen LogP contribution is 2.29. The number of esters is 1. The predicted molar refractivity (Wildman–Crippen MR) is 149 cm³/mol. The van der Waals surface area contributed by atoms with Gasteiger partial charge >= 0.3 is 11.7 Å². The van der Waals surface area contributed by atoms with Crippen LogP contribution in [0.2, 0.25) is 0 Å². The van der Waals surface area contributed by atoms with Crippen molar-refractivity contribution in [2.24, 2.45) is 0 Å². The van der Waals surface area contributed by atoms with Gasteiger partial charge in [-0.25, -0.2) is 9.48 Å². The summed E-state index contributed by atoms with van der Waals surface area (Å²) in [6.07, 6.45) is 0. The molecule has 0 spiro atoms. The minimum Gasteiger partial charge on any atom is -0.454 e. The maximum atomic E-state index is 12.8. The molecule has 5 rings (SSSR count). The summed E-state index contributed by atoms with van der Waals surface area (Å²) < 4.78 is 12.7. The Morgan fingerprint density at radius 2 is 1.55 bits per heavy atom. The number of hydrogen-bond donors (Lipinski definition) is 1. The van der Waals surface area contributed by atoms with Gasteiger partial charge in [-0.2, -0.15) is 9.78 Å². The molecule has 10 nitrogen and oxygen atoms in total. The first-order valence-electron chi connectivity index (χ1n) is 12.6. The molecule has 10 heteroatoms. The number of aromatic nitrogens is 4. The molecule has 2 heterocycles. The van der Waals surface area contributed by atoms with Gasteiger partial charge in [0.1, 0.15) is 12.4 Å². The third-order valence-corrected chi connectivity index (χ3v) is 6.36. The summed E-state index contributed by atoms with van der Waals surface area (Å²) in [5, 5.41) is 11.6. The Kier molecular flexibility index (Phi) is 7.41. The Bertz CT molecular complexity index is 1740. The molecule has 202 valence electrons. The van der Waals surface area contributed by atoms with Crippen molar-refractivity contribution in [1.29, 1.82) is 0 Å². The fraction of sp³-hybridized carbons (Fsp3) is 0.167. The molecule has 2 aromatic heterocycles. The lowest BCUT2D eigenvalue weighted by Crippen LogP contribution is -2.27. The lowest BCUT2D eigenvalue weighted by molar-refractivity contribution is -0.148. The van der Waals surface area contributed by atoms with Gasteiger partial charge in [0.2, 0.25) is 5.89 Å². The molecule has 0 aliphatic rings. The summed E-state index contributed by atoms with van der Waals surface area (Å²) >= 11 is 0. The minimum absolute atomic E-state index is 0.0835. The van der Waals surface area contributed by atoms with E-state index < -0.39 is 30.8 Å². The molecular formula is C30H27N5O5. The first-order chi connectivity index (χ1) is 19.3. The second-order valence-electron chi connectivity index (χ2n) is 9.32. The molecule has 0 saturated carbocycles. The zero-order valence-corrected chi connectivity index (χ0v) is 22.2. The molecule has 1 N–H and O–H groups in total. The van der Waals surface area contributed by atoms with Gasteiger partial charge in [0.15, 0.2) is 6.61 Å². The smallest absolute Gasteiger partial charge is 0.437 e. The monoisotopic (exact) mass is 537 g/mol. The van der Waals surface area contributed by atoms with Crippen LogP contribution in [0.1, 0.15) is 16.7 Å².